The Morgan fingerprint density at radius 1 is 1.16 bits per heavy atom. The molecule has 25 heavy (non-hydrogen) atoms. The van der Waals surface area contributed by atoms with Gasteiger partial charge in [-0.05, 0) is 44.7 Å². The highest BCUT2D eigenvalue weighted by Gasteiger charge is 2.42. The van der Waals surface area contributed by atoms with Gasteiger partial charge in [-0.3, -0.25) is 10.00 Å². The van der Waals surface area contributed by atoms with Crippen LogP contribution in [0, 0.1) is 6.92 Å². The van der Waals surface area contributed by atoms with Crippen LogP contribution in [0.5, 0.6) is 0 Å². The molecule has 0 radical (unpaired) electrons. The molecule has 5 N–H and O–H groups in total. The van der Waals surface area contributed by atoms with E-state index in [1.165, 1.54) is 6.42 Å². The summed E-state index contributed by atoms with van der Waals surface area (Å²) in [7, 11) is 0. The van der Waals surface area contributed by atoms with Gasteiger partial charge in [-0.2, -0.15) is 10.1 Å². The molecule has 2 aliphatic rings. The van der Waals surface area contributed by atoms with Gasteiger partial charge in [0.25, 0.3) is 0 Å². The maximum atomic E-state index is 6.28. The average molecular weight is 338 g/mol. The molecular weight excluding hydrogens is 316 g/mol. The summed E-state index contributed by atoms with van der Waals surface area (Å²) in [5, 5.41) is 7.12. The lowest BCUT2D eigenvalue weighted by molar-refractivity contribution is 0.305. The Bertz CT molecular complexity index is 844. The highest BCUT2D eigenvalue weighted by molar-refractivity contribution is 6.05. The predicted molar refractivity (Wildman–Crippen MR) is 98.1 cm³/mol. The van der Waals surface area contributed by atoms with Crippen molar-refractivity contribution in [3.63, 3.8) is 0 Å². The molecule has 2 heterocycles. The summed E-state index contributed by atoms with van der Waals surface area (Å²) in [5.74, 6) is 2.09. The molecule has 0 amide bonds. The number of benzene rings is 1. The topological polar surface area (TPSA) is 122 Å². The maximum Gasteiger partial charge on any atom is 0.220 e. The number of hydrogen-bond donors (Lipinski definition) is 3. The molecule has 130 valence electrons. The third kappa shape index (κ3) is 2.73. The Balaban J connectivity index is 1.78. The fraction of sp³-hybridized carbons (Fsp3) is 0.412. The van der Waals surface area contributed by atoms with Gasteiger partial charge in [0.2, 0.25) is 11.9 Å². The van der Waals surface area contributed by atoms with Crippen LogP contribution in [0.4, 0.5) is 5.69 Å². The molecule has 0 saturated heterocycles. The number of guanidine groups is 2. The lowest BCUT2D eigenvalue weighted by atomic mass is 9.87. The van der Waals surface area contributed by atoms with Crippen molar-refractivity contribution in [3.8, 4) is 11.4 Å². The van der Waals surface area contributed by atoms with Crippen molar-refractivity contribution in [2.24, 2.45) is 21.5 Å². The Hall–Kier alpha value is -2.90. The van der Waals surface area contributed by atoms with Gasteiger partial charge < -0.3 is 11.5 Å². The first-order valence-corrected chi connectivity index (χ1v) is 8.57. The van der Waals surface area contributed by atoms with E-state index in [4.69, 9.17) is 16.5 Å². The van der Waals surface area contributed by atoms with Crippen molar-refractivity contribution < 1.29 is 0 Å². The molecule has 0 bridgehead atoms. The van der Waals surface area contributed by atoms with Crippen LogP contribution in [0.15, 0.2) is 34.3 Å². The molecule has 1 aliphatic carbocycles. The van der Waals surface area contributed by atoms with Gasteiger partial charge in [-0.1, -0.05) is 18.6 Å². The number of nitrogens with two attached hydrogens (primary N) is 2. The number of nitrogens with one attached hydrogen (secondary N) is 1. The smallest absolute Gasteiger partial charge is 0.220 e. The van der Waals surface area contributed by atoms with Gasteiger partial charge in [0, 0.05) is 11.3 Å². The molecule has 8 nitrogen and oxygen atoms in total. The Labute approximate surface area is 146 Å². The summed E-state index contributed by atoms with van der Waals surface area (Å²) < 4.78 is 0. The minimum absolute atomic E-state index is 0.261. The average Bonchev–Trinajstić information content (AvgIpc) is 3.01. The van der Waals surface area contributed by atoms with Crippen molar-refractivity contribution in [2.75, 3.05) is 4.90 Å². The molecule has 1 saturated carbocycles. The van der Waals surface area contributed by atoms with Crippen molar-refractivity contribution in [1.29, 1.82) is 0 Å². The molecule has 1 aromatic heterocycles. The van der Waals surface area contributed by atoms with E-state index in [0.717, 1.165) is 42.8 Å². The van der Waals surface area contributed by atoms with Gasteiger partial charge in [-0.25, -0.2) is 9.98 Å². The second-order valence-corrected chi connectivity index (χ2v) is 6.61. The van der Waals surface area contributed by atoms with Crippen molar-refractivity contribution >= 4 is 17.6 Å². The minimum atomic E-state index is -0.443. The monoisotopic (exact) mass is 338 g/mol. The molecular formula is C17H22N8. The zero-order chi connectivity index (χ0) is 17.4. The number of aliphatic imine (C=N–C) groups is 2. The first-order chi connectivity index (χ1) is 12.1. The van der Waals surface area contributed by atoms with Crippen LogP contribution in [0.25, 0.3) is 11.4 Å². The number of hydrogen-bond acceptors (Lipinski definition) is 7. The summed E-state index contributed by atoms with van der Waals surface area (Å²) in [5.41, 5.74) is 13.6. The zero-order valence-corrected chi connectivity index (χ0v) is 14.2. The number of rotatable bonds is 2. The van der Waals surface area contributed by atoms with E-state index >= 15 is 0 Å². The Morgan fingerprint density at radius 2 is 1.96 bits per heavy atom. The second kappa shape index (κ2) is 5.87. The first-order valence-electron chi connectivity index (χ1n) is 8.57. The second-order valence-electron chi connectivity index (χ2n) is 6.61. The standard InChI is InChI=1S/C17H22N8/c1-11-20-14(24-23-11)12-6-5-7-13(10-12)25-16(19)21-15(18)22-17(25)8-3-2-4-9-17/h5-7,10H,2-4,8-9H2,1H3,(H,20,23,24)(H4,18,19,21,22). The molecule has 0 unspecified atom stereocenters. The number of aryl methyl sites for hydroxylation is 1. The lowest BCUT2D eigenvalue weighted by Crippen LogP contribution is -2.58. The highest BCUT2D eigenvalue weighted by atomic mass is 15.4. The summed E-state index contributed by atoms with van der Waals surface area (Å²) in [4.78, 5) is 15.3. The number of aromatic nitrogens is 3. The fourth-order valence-electron chi connectivity index (χ4n) is 3.75. The summed E-state index contributed by atoms with van der Waals surface area (Å²) in [6, 6.07) is 7.99. The quantitative estimate of drug-likeness (QED) is 0.772. The first kappa shape index (κ1) is 15.6. The molecule has 1 aromatic carbocycles. The van der Waals surface area contributed by atoms with Crippen LogP contribution < -0.4 is 16.4 Å². The van der Waals surface area contributed by atoms with Crippen LogP contribution >= 0.6 is 0 Å². The summed E-state index contributed by atoms with van der Waals surface area (Å²) in [6.07, 6.45) is 5.22. The van der Waals surface area contributed by atoms with Crippen LogP contribution in [-0.2, 0) is 0 Å². The minimum Gasteiger partial charge on any atom is -0.369 e. The highest BCUT2D eigenvalue weighted by Crippen LogP contribution is 2.40. The van der Waals surface area contributed by atoms with Crippen LogP contribution in [0.2, 0.25) is 0 Å². The molecule has 0 atom stereocenters. The van der Waals surface area contributed by atoms with Crippen molar-refractivity contribution in [1.82, 2.24) is 15.2 Å². The van der Waals surface area contributed by atoms with Crippen LogP contribution in [0.3, 0.4) is 0 Å². The molecule has 2 aromatic rings. The van der Waals surface area contributed by atoms with E-state index in [1.807, 2.05) is 36.1 Å². The van der Waals surface area contributed by atoms with Gasteiger partial charge in [0.15, 0.2) is 5.82 Å². The third-order valence-corrected chi connectivity index (χ3v) is 4.81. The van der Waals surface area contributed by atoms with Gasteiger partial charge >= 0.3 is 0 Å². The molecule has 4 rings (SSSR count). The molecule has 1 spiro atoms. The molecule has 1 aliphatic heterocycles. The lowest BCUT2D eigenvalue weighted by Gasteiger charge is -2.45. The summed E-state index contributed by atoms with van der Waals surface area (Å²) in [6.45, 7) is 1.88. The normalized spacial score (nSPS) is 19.6. The van der Waals surface area contributed by atoms with E-state index in [9.17, 15) is 0 Å². The summed E-state index contributed by atoms with van der Waals surface area (Å²) >= 11 is 0. The SMILES string of the molecule is Cc1nc(-c2cccc(N3C(N)=NC(N)=NC34CCCCC4)c2)n[nH]1. The number of H-pyrrole nitrogens is 1. The number of aromatic amines is 1. The molecule has 8 heteroatoms. The van der Waals surface area contributed by atoms with E-state index in [0.29, 0.717) is 11.8 Å². The largest absolute Gasteiger partial charge is 0.369 e. The van der Waals surface area contributed by atoms with Gasteiger partial charge in [-0.15, -0.1) is 0 Å². The van der Waals surface area contributed by atoms with Crippen molar-refractivity contribution in [2.45, 2.75) is 44.7 Å². The zero-order valence-electron chi connectivity index (χ0n) is 14.2. The fourth-order valence-corrected chi connectivity index (χ4v) is 3.75. The predicted octanol–water partition coefficient (Wildman–Crippen LogP) is 1.89. The number of anilines is 1. The van der Waals surface area contributed by atoms with Gasteiger partial charge in [0.05, 0.1) is 0 Å². The Morgan fingerprint density at radius 3 is 2.68 bits per heavy atom. The van der Waals surface area contributed by atoms with E-state index in [-0.39, 0.29) is 5.96 Å². The van der Waals surface area contributed by atoms with Gasteiger partial charge in [0.1, 0.15) is 11.5 Å². The van der Waals surface area contributed by atoms with E-state index in [1.54, 1.807) is 0 Å². The van der Waals surface area contributed by atoms with Crippen molar-refractivity contribution in [3.05, 3.63) is 30.1 Å². The van der Waals surface area contributed by atoms with Crippen LogP contribution in [0.1, 0.15) is 37.9 Å². The maximum absolute atomic E-state index is 6.28. The van der Waals surface area contributed by atoms with E-state index < -0.39 is 5.66 Å². The van der Waals surface area contributed by atoms with E-state index in [2.05, 4.69) is 20.2 Å². The van der Waals surface area contributed by atoms with Crippen LogP contribution in [-0.4, -0.2) is 32.8 Å². The molecule has 1 fully saturated rings. The number of nitrogens with zero attached hydrogens (tertiary/aromatic N) is 5. The third-order valence-electron chi connectivity index (χ3n) is 4.81. The Kier molecular flexibility index (Phi) is 3.67.